The molecule has 3 rings (SSSR count). The molecular formula is C19H24Cl2N2. The molecule has 0 saturated carbocycles. The lowest BCUT2D eigenvalue weighted by Crippen LogP contribution is -2.46. The van der Waals surface area contributed by atoms with Crippen molar-refractivity contribution in [3.63, 3.8) is 0 Å². The van der Waals surface area contributed by atoms with Crippen molar-refractivity contribution >= 4 is 29.7 Å². The highest BCUT2D eigenvalue weighted by Gasteiger charge is 2.16. The van der Waals surface area contributed by atoms with Gasteiger partial charge in [0.2, 0.25) is 0 Å². The van der Waals surface area contributed by atoms with Crippen LogP contribution in [-0.2, 0) is 6.42 Å². The van der Waals surface area contributed by atoms with E-state index in [0.717, 1.165) is 31.2 Å². The van der Waals surface area contributed by atoms with Crippen molar-refractivity contribution in [2.45, 2.75) is 12.8 Å². The molecule has 1 saturated heterocycles. The van der Waals surface area contributed by atoms with Gasteiger partial charge in [0.05, 0.1) is 0 Å². The van der Waals surface area contributed by atoms with E-state index in [1.165, 1.54) is 30.6 Å². The van der Waals surface area contributed by atoms with Gasteiger partial charge in [0.25, 0.3) is 0 Å². The molecule has 0 N–H and O–H groups in total. The lowest BCUT2D eigenvalue weighted by molar-refractivity contribution is 0.255. The second kappa shape index (κ2) is 9.17. The van der Waals surface area contributed by atoms with E-state index >= 15 is 0 Å². The molecule has 2 aromatic rings. The number of piperazine rings is 1. The van der Waals surface area contributed by atoms with Gasteiger partial charge in [0, 0.05) is 36.9 Å². The van der Waals surface area contributed by atoms with E-state index in [4.69, 9.17) is 11.6 Å². The predicted octanol–water partition coefficient (Wildman–Crippen LogP) is 4.52. The summed E-state index contributed by atoms with van der Waals surface area (Å²) in [4.78, 5) is 5.00. The zero-order chi connectivity index (χ0) is 15.2. The number of benzene rings is 2. The first-order valence-corrected chi connectivity index (χ1v) is 8.46. The number of anilines is 1. The fraction of sp³-hybridized carbons (Fsp3) is 0.368. The van der Waals surface area contributed by atoms with Gasteiger partial charge >= 0.3 is 0 Å². The van der Waals surface area contributed by atoms with Crippen LogP contribution in [0.15, 0.2) is 54.6 Å². The van der Waals surface area contributed by atoms with Crippen LogP contribution in [0.1, 0.15) is 12.0 Å². The topological polar surface area (TPSA) is 6.48 Å². The minimum Gasteiger partial charge on any atom is -0.369 e. The molecule has 0 bridgehead atoms. The van der Waals surface area contributed by atoms with Crippen LogP contribution < -0.4 is 4.90 Å². The molecule has 1 fully saturated rings. The summed E-state index contributed by atoms with van der Waals surface area (Å²) < 4.78 is 0. The SMILES string of the molecule is Cl.Clc1cccc(N2CCN(CCCc3ccccc3)CC2)c1. The van der Waals surface area contributed by atoms with Crippen LogP contribution in [-0.4, -0.2) is 37.6 Å². The molecule has 0 atom stereocenters. The average Bonchev–Trinajstić information content (AvgIpc) is 2.56. The van der Waals surface area contributed by atoms with Crippen LogP contribution in [0.25, 0.3) is 0 Å². The minimum atomic E-state index is 0. The monoisotopic (exact) mass is 350 g/mol. The van der Waals surface area contributed by atoms with Gasteiger partial charge in [0.1, 0.15) is 0 Å². The molecule has 0 radical (unpaired) electrons. The van der Waals surface area contributed by atoms with E-state index in [1.54, 1.807) is 0 Å². The molecule has 0 spiro atoms. The Hall–Kier alpha value is -1.22. The van der Waals surface area contributed by atoms with Crippen molar-refractivity contribution < 1.29 is 0 Å². The van der Waals surface area contributed by atoms with Crippen LogP contribution in [0.3, 0.4) is 0 Å². The molecule has 1 aliphatic heterocycles. The van der Waals surface area contributed by atoms with Crippen LogP contribution in [0.5, 0.6) is 0 Å². The normalized spacial score (nSPS) is 15.3. The van der Waals surface area contributed by atoms with E-state index in [-0.39, 0.29) is 12.4 Å². The van der Waals surface area contributed by atoms with Crippen LogP contribution in [0.2, 0.25) is 5.02 Å². The van der Waals surface area contributed by atoms with Gasteiger partial charge in [-0.3, -0.25) is 4.90 Å². The van der Waals surface area contributed by atoms with Crippen molar-refractivity contribution in [3.05, 3.63) is 65.2 Å². The summed E-state index contributed by atoms with van der Waals surface area (Å²) in [5.74, 6) is 0. The van der Waals surface area contributed by atoms with Gasteiger partial charge < -0.3 is 4.90 Å². The zero-order valence-electron chi connectivity index (χ0n) is 13.3. The highest BCUT2D eigenvalue weighted by Crippen LogP contribution is 2.20. The second-order valence-corrected chi connectivity index (χ2v) is 6.33. The molecule has 4 heteroatoms. The lowest BCUT2D eigenvalue weighted by Gasteiger charge is -2.36. The van der Waals surface area contributed by atoms with E-state index < -0.39 is 0 Å². The number of hydrogen-bond donors (Lipinski definition) is 0. The Labute approximate surface area is 150 Å². The van der Waals surface area contributed by atoms with Crippen molar-refractivity contribution in [3.8, 4) is 0 Å². The fourth-order valence-electron chi connectivity index (χ4n) is 3.05. The molecule has 1 aliphatic rings. The van der Waals surface area contributed by atoms with Crippen molar-refractivity contribution in [2.24, 2.45) is 0 Å². The van der Waals surface area contributed by atoms with E-state index in [9.17, 15) is 0 Å². The van der Waals surface area contributed by atoms with E-state index in [1.807, 2.05) is 12.1 Å². The molecule has 124 valence electrons. The van der Waals surface area contributed by atoms with Gasteiger partial charge in [-0.05, 0) is 43.1 Å². The highest BCUT2D eigenvalue weighted by molar-refractivity contribution is 6.30. The Kier molecular flexibility index (Phi) is 7.22. The third kappa shape index (κ3) is 5.42. The first-order valence-electron chi connectivity index (χ1n) is 8.08. The molecule has 2 nitrogen and oxygen atoms in total. The van der Waals surface area contributed by atoms with Gasteiger partial charge in [-0.2, -0.15) is 0 Å². The maximum Gasteiger partial charge on any atom is 0.0426 e. The van der Waals surface area contributed by atoms with Crippen molar-refractivity contribution in [2.75, 3.05) is 37.6 Å². The summed E-state index contributed by atoms with van der Waals surface area (Å²) in [6, 6.07) is 18.9. The Balaban J connectivity index is 0.00000192. The summed E-state index contributed by atoms with van der Waals surface area (Å²) >= 11 is 6.08. The lowest BCUT2D eigenvalue weighted by atomic mass is 10.1. The summed E-state index contributed by atoms with van der Waals surface area (Å²) in [6.45, 7) is 5.65. The van der Waals surface area contributed by atoms with Crippen molar-refractivity contribution in [1.29, 1.82) is 0 Å². The summed E-state index contributed by atoms with van der Waals surface area (Å²) in [5.41, 5.74) is 2.69. The Bertz CT molecular complexity index is 581. The number of aryl methyl sites for hydroxylation is 1. The zero-order valence-corrected chi connectivity index (χ0v) is 14.9. The molecule has 1 heterocycles. The van der Waals surface area contributed by atoms with Crippen LogP contribution in [0, 0.1) is 0 Å². The van der Waals surface area contributed by atoms with Crippen LogP contribution in [0.4, 0.5) is 5.69 Å². The summed E-state index contributed by atoms with van der Waals surface area (Å²) in [7, 11) is 0. The molecule has 0 amide bonds. The number of hydrogen-bond acceptors (Lipinski definition) is 2. The first kappa shape index (κ1) is 18.1. The maximum absolute atomic E-state index is 6.08. The fourth-order valence-corrected chi connectivity index (χ4v) is 3.24. The van der Waals surface area contributed by atoms with Gasteiger partial charge in [-0.15, -0.1) is 12.4 Å². The maximum atomic E-state index is 6.08. The molecule has 2 aromatic carbocycles. The number of rotatable bonds is 5. The van der Waals surface area contributed by atoms with Crippen LogP contribution >= 0.6 is 24.0 Å². The van der Waals surface area contributed by atoms with Crippen molar-refractivity contribution in [1.82, 2.24) is 4.90 Å². The molecular weight excluding hydrogens is 327 g/mol. The Morgan fingerprint density at radius 1 is 0.870 bits per heavy atom. The minimum absolute atomic E-state index is 0. The molecule has 0 unspecified atom stereocenters. The highest BCUT2D eigenvalue weighted by atomic mass is 35.5. The Morgan fingerprint density at radius 3 is 2.30 bits per heavy atom. The third-order valence-electron chi connectivity index (χ3n) is 4.33. The van der Waals surface area contributed by atoms with Gasteiger partial charge in [-0.25, -0.2) is 0 Å². The molecule has 0 aromatic heterocycles. The summed E-state index contributed by atoms with van der Waals surface area (Å²) in [6.07, 6.45) is 2.41. The first-order chi connectivity index (χ1) is 10.8. The predicted molar refractivity (Wildman–Crippen MR) is 102 cm³/mol. The van der Waals surface area contributed by atoms with E-state index in [0.29, 0.717) is 0 Å². The quantitative estimate of drug-likeness (QED) is 0.782. The second-order valence-electron chi connectivity index (χ2n) is 5.90. The molecule has 23 heavy (non-hydrogen) atoms. The standard InChI is InChI=1S/C19H23ClN2.ClH/c20-18-9-4-10-19(16-18)22-14-12-21(13-15-22)11-5-8-17-6-2-1-3-7-17;/h1-4,6-7,9-10,16H,5,8,11-15H2;1H. The largest absolute Gasteiger partial charge is 0.369 e. The van der Waals surface area contributed by atoms with Gasteiger partial charge in [-0.1, -0.05) is 48.0 Å². The Morgan fingerprint density at radius 2 is 1.61 bits per heavy atom. The van der Waals surface area contributed by atoms with E-state index in [2.05, 4.69) is 52.3 Å². The number of halogens is 2. The third-order valence-corrected chi connectivity index (χ3v) is 4.56. The molecule has 0 aliphatic carbocycles. The van der Waals surface area contributed by atoms with Gasteiger partial charge in [0.15, 0.2) is 0 Å². The average molecular weight is 351 g/mol. The smallest absolute Gasteiger partial charge is 0.0426 e. The summed E-state index contributed by atoms with van der Waals surface area (Å²) in [5, 5.41) is 0.822. The number of nitrogens with zero attached hydrogens (tertiary/aromatic N) is 2.